The quantitative estimate of drug-likeness (QED) is 0.154. The fourth-order valence-electron chi connectivity index (χ4n) is 6.03. The van der Waals surface area contributed by atoms with Gasteiger partial charge in [-0.05, 0) is 0 Å². The van der Waals surface area contributed by atoms with Crippen LogP contribution in [0.2, 0.25) is 16.6 Å². The molecule has 37 heavy (non-hydrogen) atoms. The molecular formula is C28H39N3O4SeSi. The van der Waals surface area contributed by atoms with E-state index in [9.17, 15) is 5.53 Å². The number of azide groups is 1. The minimum absolute atomic E-state index is 0.0827. The Hall–Kier alpha value is -1.67. The monoisotopic (exact) mass is 589 g/mol. The van der Waals surface area contributed by atoms with Gasteiger partial charge in [-0.2, -0.15) is 0 Å². The number of benzene rings is 2. The summed E-state index contributed by atoms with van der Waals surface area (Å²) in [7, 11) is -2.34. The van der Waals surface area contributed by atoms with E-state index < -0.39 is 32.9 Å². The van der Waals surface area contributed by atoms with Crippen molar-refractivity contribution >= 4 is 27.7 Å². The Kier molecular flexibility index (Phi) is 9.54. The number of nitrogens with zero attached hydrogens (tertiary/aromatic N) is 3. The van der Waals surface area contributed by atoms with Crippen molar-refractivity contribution in [2.75, 3.05) is 6.61 Å². The summed E-state index contributed by atoms with van der Waals surface area (Å²) in [5, 5.41) is 4.06. The van der Waals surface area contributed by atoms with Crippen molar-refractivity contribution in [1.29, 1.82) is 0 Å². The standard InChI is InChI=1S/C28H39N3O4SeSi/c1-18(2)37(19(3)4,20(5)6)35-26-24(30-31-29)28(36-22-15-11-8-12-16-22)33-23-17-32-27(34-25(23)26)21-13-9-7-10-14-21/h7-16,18-20,23-28H,17H2,1-6H3/t23-,24-,25-,26-,27-,28-/m1/s1. The van der Waals surface area contributed by atoms with Gasteiger partial charge in [0.1, 0.15) is 0 Å². The first-order valence-corrected chi connectivity index (χ1v) is 17.2. The summed E-state index contributed by atoms with van der Waals surface area (Å²) in [5.74, 6) is 0. The first kappa shape index (κ1) is 28.3. The van der Waals surface area contributed by atoms with Gasteiger partial charge in [0, 0.05) is 0 Å². The molecule has 2 aromatic carbocycles. The van der Waals surface area contributed by atoms with Crippen molar-refractivity contribution in [3.05, 3.63) is 76.7 Å². The molecule has 0 amide bonds. The molecular weight excluding hydrogens is 549 g/mol. The molecule has 2 saturated heterocycles. The molecule has 7 nitrogen and oxygen atoms in total. The summed E-state index contributed by atoms with van der Waals surface area (Å²) in [4.78, 5) is 3.28. The average molecular weight is 589 g/mol. The maximum atomic E-state index is 9.67. The van der Waals surface area contributed by atoms with Gasteiger partial charge in [0.05, 0.1) is 0 Å². The SMILES string of the molecule is CC(C)[Si](O[C@@H]1[C@@H](N=[N+]=[N-])[C@@H]([Se]c2ccccc2)O[C@@H]2CO[C@@H](c3ccccc3)O[C@@H]12)(C(C)C)C(C)C. The van der Waals surface area contributed by atoms with Gasteiger partial charge in [0.25, 0.3) is 0 Å². The predicted octanol–water partition coefficient (Wildman–Crippen LogP) is 6.09. The van der Waals surface area contributed by atoms with Gasteiger partial charge < -0.3 is 0 Å². The molecule has 9 heteroatoms. The Labute approximate surface area is 228 Å². The molecule has 2 aliphatic rings. The second kappa shape index (κ2) is 12.5. The van der Waals surface area contributed by atoms with E-state index in [4.69, 9.17) is 18.6 Å². The van der Waals surface area contributed by atoms with Crippen molar-refractivity contribution in [2.24, 2.45) is 5.11 Å². The molecule has 200 valence electrons. The Morgan fingerprint density at radius 2 is 1.51 bits per heavy atom. The molecule has 2 aromatic rings. The van der Waals surface area contributed by atoms with Crippen molar-refractivity contribution < 1.29 is 18.6 Å². The molecule has 0 bridgehead atoms. The first-order valence-electron chi connectivity index (χ1n) is 13.2. The molecule has 0 aliphatic carbocycles. The fraction of sp³-hybridized carbons (Fsp3) is 0.571. The summed E-state index contributed by atoms with van der Waals surface area (Å²) >= 11 is -0.0827. The topological polar surface area (TPSA) is 85.7 Å². The zero-order chi connectivity index (χ0) is 26.6. The van der Waals surface area contributed by atoms with Crippen molar-refractivity contribution in [3.8, 4) is 0 Å². The summed E-state index contributed by atoms with van der Waals surface area (Å²) in [5.41, 5.74) is 11.8. The van der Waals surface area contributed by atoms with Crippen LogP contribution >= 0.6 is 0 Å². The normalized spacial score (nSPS) is 28.2. The molecule has 0 aromatic heterocycles. The molecule has 4 rings (SSSR count). The second-order valence-corrected chi connectivity index (χ2v) is 18.6. The van der Waals surface area contributed by atoms with Gasteiger partial charge in [0.2, 0.25) is 0 Å². The van der Waals surface area contributed by atoms with Crippen LogP contribution in [0.15, 0.2) is 65.8 Å². The van der Waals surface area contributed by atoms with Crippen LogP contribution in [-0.4, -0.2) is 59.2 Å². The van der Waals surface area contributed by atoms with Crippen LogP contribution in [-0.2, 0) is 18.6 Å². The summed E-state index contributed by atoms with van der Waals surface area (Å²) in [6, 6.07) is 19.7. The Morgan fingerprint density at radius 3 is 2.08 bits per heavy atom. The van der Waals surface area contributed by atoms with Gasteiger partial charge in [0.15, 0.2) is 0 Å². The van der Waals surface area contributed by atoms with Gasteiger partial charge >= 0.3 is 229 Å². The molecule has 0 spiro atoms. The van der Waals surface area contributed by atoms with Crippen LogP contribution in [0.25, 0.3) is 10.4 Å². The molecule has 0 radical (unpaired) electrons. The van der Waals surface area contributed by atoms with Gasteiger partial charge in [-0.3, -0.25) is 0 Å². The predicted molar refractivity (Wildman–Crippen MR) is 149 cm³/mol. The van der Waals surface area contributed by atoms with E-state index in [1.54, 1.807) is 0 Å². The van der Waals surface area contributed by atoms with Crippen molar-refractivity contribution in [1.82, 2.24) is 0 Å². The van der Waals surface area contributed by atoms with Crippen LogP contribution in [0.3, 0.4) is 0 Å². The van der Waals surface area contributed by atoms with E-state index in [0.29, 0.717) is 23.2 Å². The van der Waals surface area contributed by atoms with Crippen LogP contribution in [0.4, 0.5) is 0 Å². The zero-order valence-electron chi connectivity index (χ0n) is 22.6. The van der Waals surface area contributed by atoms with Crippen LogP contribution in [0.5, 0.6) is 0 Å². The first-order chi connectivity index (χ1) is 17.8. The molecule has 6 atom stereocenters. The Balaban J connectivity index is 1.74. The van der Waals surface area contributed by atoms with E-state index in [1.165, 1.54) is 4.46 Å². The third-order valence-electron chi connectivity index (χ3n) is 7.61. The third-order valence-corrected chi connectivity index (χ3v) is 16.1. The van der Waals surface area contributed by atoms with E-state index in [2.05, 4.69) is 63.7 Å². The number of rotatable bonds is 9. The van der Waals surface area contributed by atoms with Gasteiger partial charge in [-0.15, -0.1) is 0 Å². The van der Waals surface area contributed by atoms with Crippen molar-refractivity contribution in [3.63, 3.8) is 0 Å². The van der Waals surface area contributed by atoms with Crippen LogP contribution < -0.4 is 4.46 Å². The molecule has 2 heterocycles. The molecule has 2 aliphatic heterocycles. The Morgan fingerprint density at radius 1 is 0.919 bits per heavy atom. The van der Waals surface area contributed by atoms with Crippen LogP contribution in [0.1, 0.15) is 53.4 Å². The number of hydrogen-bond acceptors (Lipinski definition) is 5. The summed E-state index contributed by atoms with van der Waals surface area (Å²) < 4.78 is 28.0. The third kappa shape index (κ3) is 6.00. The fourth-order valence-corrected chi connectivity index (χ4v) is 14.0. The van der Waals surface area contributed by atoms with Gasteiger partial charge in [-0.1, -0.05) is 0 Å². The van der Waals surface area contributed by atoms with E-state index in [-0.39, 0.29) is 26.1 Å². The van der Waals surface area contributed by atoms with Gasteiger partial charge in [-0.25, -0.2) is 0 Å². The minimum atomic E-state index is -2.34. The summed E-state index contributed by atoms with van der Waals surface area (Å²) in [6.07, 6.45) is -1.64. The average Bonchev–Trinajstić information content (AvgIpc) is 2.88. The second-order valence-electron chi connectivity index (χ2n) is 10.7. The molecule has 0 saturated carbocycles. The van der Waals surface area contributed by atoms with E-state index >= 15 is 0 Å². The number of ether oxygens (including phenoxy) is 3. The number of fused-ring (bicyclic) bond motifs is 1. The summed E-state index contributed by atoms with van der Waals surface area (Å²) in [6.45, 7) is 14.0. The van der Waals surface area contributed by atoms with E-state index in [1.807, 2.05) is 48.5 Å². The maximum absolute atomic E-state index is 9.67. The zero-order valence-corrected chi connectivity index (χ0v) is 25.3. The van der Waals surface area contributed by atoms with Crippen LogP contribution in [0, 0.1) is 0 Å². The molecule has 2 fully saturated rings. The van der Waals surface area contributed by atoms with Crippen molar-refractivity contribution in [2.45, 2.75) is 93.8 Å². The van der Waals surface area contributed by atoms with E-state index in [0.717, 1.165) is 5.56 Å². The molecule has 0 N–H and O–H groups in total. The Bertz CT molecular complexity index is 1030. The number of hydrogen-bond donors (Lipinski definition) is 0. The molecule has 0 unspecified atom stereocenters.